The molecule has 0 bridgehead atoms. The minimum atomic E-state index is -0.584. The first-order chi connectivity index (χ1) is 9.99. The summed E-state index contributed by atoms with van der Waals surface area (Å²) in [4.78, 5) is 11.4. The van der Waals surface area contributed by atoms with Crippen LogP contribution in [0.5, 0.6) is 0 Å². The molecule has 2 fully saturated rings. The molecule has 21 heavy (non-hydrogen) atoms. The summed E-state index contributed by atoms with van der Waals surface area (Å²) < 4.78 is 0. The van der Waals surface area contributed by atoms with Gasteiger partial charge in [0.2, 0.25) is 0 Å². The molecule has 2 N–H and O–H groups in total. The number of hydrogen-bond donors (Lipinski definition) is 2. The van der Waals surface area contributed by atoms with Crippen LogP contribution in [0.15, 0.2) is 0 Å². The van der Waals surface area contributed by atoms with Crippen LogP contribution < -0.4 is 5.32 Å². The molecule has 2 aliphatic rings. The van der Waals surface area contributed by atoms with Gasteiger partial charge in [-0.05, 0) is 55.9 Å². The number of nitrogens with one attached hydrogen (secondary N) is 1. The van der Waals surface area contributed by atoms with E-state index in [-0.39, 0.29) is 5.92 Å². The summed E-state index contributed by atoms with van der Waals surface area (Å²) in [7, 11) is 0. The van der Waals surface area contributed by atoms with Crippen molar-refractivity contribution in [1.29, 1.82) is 0 Å². The van der Waals surface area contributed by atoms with Gasteiger partial charge in [0, 0.05) is 6.04 Å². The lowest BCUT2D eigenvalue weighted by molar-refractivity contribution is -0.144. The Morgan fingerprint density at radius 1 is 1.19 bits per heavy atom. The molecule has 3 nitrogen and oxygen atoms in total. The van der Waals surface area contributed by atoms with E-state index >= 15 is 0 Å². The fourth-order valence-corrected chi connectivity index (χ4v) is 4.52. The van der Waals surface area contributed by atoms with Crippen molar-refractivity contribution in [1.82, 2.24) is 5.32 Å². The van der Waals surface area contributed by atoms with E-state index < -0.39 is 5.97 Å². The highest BCUT2D eigenvalue weighted by Gasteiger charge is 2.34. The summed E-state index contributed by atoms with van der Waals surface area (Å²) in [5.74, 6) is 1.91. The van der Waals surface area contributed by atoms with Crippen LogP contribution in [0.2, 0.25) is 0 Å². The minimum Gasteiger partial charge on any atom is -0.481 e. The molecule has 0 aliphatic heterocycles. The third-order valence-corrected chi connectivity index (χ3v) is 5.89. The van der Waals surface area contributed by atoms with Crippen LogP contribution in [0.25, 0.3) is 0 Å². The molecule has 2 rings (SSSR count). The Morgan fingerprint density at radius 3 is 2.57 bits per heavy atom. The van der Waals surface area contributed by atoms with Crippen LogP contribution in [0, 0.1) is 29.6 Å². The van der Waals surface area contributed by atoms with Crippen LogP contribution >= 0.6 is 0 Å². The predicted octanol–water partition coefficient (Wildman–Crippen LogP) is 3.93. The summed E-state index contributed by atoms with van der Waals surface area (Å²) in [6.07, 6.45) is 8.17. The third-order valence-electron chi connectivity index (χ3n) is 5.89. The van der Waals surface area contributed by atoms with Crippen molar-refractivity contribution in [2.24, 2.45) is 29.6 Å². The van der Waals surface area contributed by atoms with Crippen molar-refractivity contribution in [2.75, 3.05) is 6.54 Å². The third kappa shape index (κ3) is 4.45. The molecule has 0 aromatic rings. The van der Waals surface area contributed by atoms with Crippen molar-refractivity contribution < 1.29 is 9.90 Å². The average Bonchev–Trinajstić information content (AvgIpc) is 2.45. The van der Waals surface area contributed by atoms with Crippen LogP contribution in [0.1, 0.15) is 65.7 Å². The molecule has 0 heterocycles. The molecular weight excluding hydrogens is 262 g/mol. The molecule has 5 unspecified atom stereocenters. The summed E-state index contributed by atoms with van der Waals surface area (Å²) in [6.45, 7) is 7.91. The van der Waals surface area contributed by atoms with Gasteiger partial charge in [0.05, 0.1) is 5.92 Å². The van der Waals surface area contributed by atoms with Gasteiger partial charge in [-0.25, -0.2) is 0 Å². The first-order valence-corrected chi connectivity index (χ1v) is 8.95. The second kappa shape index (κ2) is 7.62. The zero-order valence-electron chi connectivity index (χ0n) is 14.0. The number of aliphatic carboxylic acids is 1. The molecule has 0 spiro atoms. The molecule has 3 heteroatoms. The van der Waals surface area contributed by atoms with E-state index in [4.69, 9.17) is 0 Å². The molecule has 2 aliphatic carbocycles. The van der Waals surface area contributed by atoms with Crippen LogP contribution in [0.4, 0.5) is 0 Å². The van der Waals surface area contributed by atoms with Gasteiger partial charge < -0.3 is 10.4 Å². The second-order valence-corrected chi connectivity index (χ2v) is 7.83. The first-order valence-electron chi connectivity index (χ1n) is 8.95. The monoisotopic (exact) mass is 295 g/mol. The Balaban J connectivity index is 1.91. The zero-order valence-corrected chi connectivity index (χ0v) is 14.0. The molecule has 0 aromatic carbocycles. The molecular formula is C18H33NO2. The van der Waals surface area contributed by atoms with Gasteiger partial charge in [-0.1, -0.05) is 40.0 Å². The number of hydrogen-bond acceptors (Lipinski definition) is 2. The van der Waals surface area contributed by atoms with Crippen molar-refractivity contribution in [3.8, 4) is 0 Å². The quantitative estimate of drug-likeness (QED) is 0.808. The number of carbonyl (C=O) groups is 1. The van der Waals surface area contributed by atoms with E-state index in [0.717, 1.165) is 43.6 Å². The van der Waals surface area contributed by atoms with Gasteiger partial charge >= 0.3 is 5.97 Å². The molecule has 2 saturated carbocycles. The summed E-state index contributed by atoms with van der Waals surface area (Å²) in [5, 5.41) is 13.2. The van der Waals surface area contributed by atoms with E-state index in [1.807, 2.05) is 0 Å². The molecule has 0 saturated heterocycles. The normalized spacial score (nSPS) is 37.6. The van der Waals surface area contributed by atoms with Gasteiger partial charge in [0.15, 0.2) is 0 Å². The van der Waals surface area contributed by atoms with Gasteiger partial charge in [-0.2, -0.15) is 0 Å². The lowest BCUT2D eigenvalue weighted by Crippen LogP contribution is -2.46. The van der Waals surface area contributed by atoms with Crippen molar-refractivity contribution >= 4 is 5.97 Å². The smallest absolute Gasteiger partial charge is 0.306 e. The molecule has 122 valence electrons. The predicted molar refractivity (Wildman–Crippen MR) is 86.2 cm³/mol. The Morgan fingerprint density at radius 2 is 1.90 bits per heavy atom. The zero-order chi connectivity index (χ0) is 15.4. The Labute approximate surface area is 129 Å². The van der Waals surface area contributed by atoms with Gasteiger partial charge in [0.1, 0.15) is 0 Å². The van der Waals surface area contributed by atoms with Gasteiger partial charge in [-0.15, -0.1) is 0 Å². The lowest BCUT2D eigenvalue weighted by atomic mass is 9.73. The van der Waals surface area contributed by atoms with E-state index in [2.05, 4.69) is 26.1 Å². The highest BCUT2D eigenvalue weighted by atomic mass is 16.4. The van der Waals surface area contributed by atoms with E-state index in [0.29, 0.717) is 12.0 Å². The van der Waals surface area contributed by atoms with E-state index in [9.17, 15) is 9.90 Å². The van der Waals surface area contributed by atoms with E-state index in [1.54, 1.807) is 0 Å². The highest BCUT2D eigenvalue weighted by Crippen LogP contribution is 2.35. The van der Waals surface area contributed by atoms with Crippen LogP contribution in [0.3, 0.4) is 0 Å². The highest BCUT2D eigenvalue weighted by molar-refractivity contribution is 5.70. The Bertz CT molecular complexity index is 342. The van der Waals surface area contributed by atoms with Crippen molar-refractivity contribution in [3.05, 3.63) is 0 Å². The van der Waals surface area contributed by atoms with Gasteiger partial charge in [-0.3, -0.25) is 4.79 Å². The Hall–Kier alpha value is -0.570. The standard InChI is InChI=1S/C18H33NO2/c1-12(2)15-9-8-13(3)10-17(15)19-11-14-6-4-5-7-16(14)18(20)21/h12-17,19H,4-11H2,1-3H3,(H,20,21). The number of rotatable bonds is 5. The molecule has 0 aromatic heterocycles. The fraction of sp³-hybridized carbons (Fsp3) is 0.944. The first kappa shape index (κ1) is 16.8. The van der Waals surface area contributed by atoms with Crippen LogP contribution in [-0.2, 0) is 4.79 Å². The second-order valence-electron chi connectivity index (χ2n) is 7.83. The topological polar surface area (TPSA) is 49.3 Å². The van der Waals surface area contributed by atoms with Crippen molar-refractivity contribution in [2.45, 2.75) is 71.8 Å². The largest absolute Gasteiger partial charge is 0.481 e. The molecule has 5 atom stereocenters. The maximum atomic E-state index is 11.4. The molecule has 0 radical (unpaired) electrons. The number of carboxylic acids is 1. The average molecular weight is 295 g/mol. The summed E-state index contributed by atoms with van der Waals surface area (Å²) in [6, 6.07) is 0.588. The van der Waals surface area contributed by atoms with Gasteiger partial charge in [0.25, 0.3) is 0 Å². The minimum absolute atomic E-state index is 0.121. The SMILES string of the molecule is CC1CCC(C(C)C)C(NCC2CCCCC2C(=O)O)C1. The van der Waals surface area contributed by atoms with Crippen molar-refractivity contribution in [3.63, 3.8) is 0 Å². The van der Waals surface area contributed by atoms with Crippen LogP contribution in [-0.4, -0.2) is 23.7 Å². The summed E-state index contributed by atoms with van der Waals surface area (Å²) in [5.41, 5.74) is 0. The summed E-state index contributed by atoms with van der Waals surface area (Å²) >= 11 is 0. The molecule has 0 amide bonds. The maximum Gasteiger partial charge on any atom is 0.306 e. The van der Waals surface area contributed by atoms with E-state index in [1.165, 1.54) is 25.7 Å². The maximum absolute atomic E-state index is 11.4. The fourth-order valence-electron chi connectivity index (χ4n) is 4.52. The number of carboxylic acid groups (broad SMARTS) is 1. The Kier molecular flexibility index (Phi) is 6.09. The lowest BCUT2D eigenvalue weighted by Gasteiger charge is -2.39.